The Kier molecular flexibility index (Phi) is 3.67. The average Bonchev–Trinajstić information content (AvgIpc) is 2.39. The van der Waals surface area contributed by atoms with Crippen molar-refractivity contribution < 1.29 is 0 Å². The minimum absolute atomic E-state index is 0.653. The Bertz CT molecular complexity index is 370. The summed E-state index contributed by atoms with van der Waals surface area (Å²) in [6.45, 7) is 2.11. The molecule has 2 nitrogen and oxygen atoms in total. The zero-order valence-electron chi connectivity index (χ0n) is 11.1. The normalized spacial score (nSPS) is 33.1. The fraction of sp³-hybridized carbons (Fsp3) is 0.625. The summed E-state index contributed by atoms with van der Waals surface area (Å²) in [4.78, 5) is 2.70. The number of hydrogen-bond acceptors (Lipinski definition) is 2. The monoisotopic (exact) mass is 244 g/mol. The molecule has 18 heavy (non-hydrogen) atoms. The van der Waals surface area contributed by atoms with Crippen LogP contribution in [0.1, 0.15) is 43.6 Å². The van der Waals surface area contributed by atoms with E-state index < -0.39 is 0 Å². The quantitative estimate of drug-likeness (QED) is 0.886. The first-order valence-corrected chi connectivity index (χ1v) is 7.39. The molecule has 2 aliphatic rings. The largest absolute Gasteiger partial charge is 0.329 e. The predicted octanol–water partition coefficient (Wildman–Crippen LogP) is 2.75. The SMILES string of the molecule is NC[C@@H]1CCCCN1C1CC(c2ccccc2)C1. The van der Waals surface area contributed by atoms with Gasteiger partial charge in [0.2, 0.25) is 0 Å². The first-order valence-electron chi connectivity index (χ1n) is 7.39. The van der Waals surface area contributed by atoms with Crippen LogP contribution in [0.2, 0.25) is 0 Å². The summed E-state index contributed by atoms with van der Waals surface area (Å²) < 4.78 is 0. The highest BCUT2D eigenvalue weighted by Gasteiger charge is 2.37. The van der Waals surface area contributed by atoms with Crippen LogP contribution in [0.4, 0.5) is 0 Å². The van der Waals surface area contributed by atoms with E-state index in [0.717, 1.165) is 18.5 Å². The van der Waals surface area contributed by atoms with Gasteiger partial charge in [0.15, 0.2) is 0 Å². The van der Waals surface area contributed by atoms with Crippen LogP contribution in [0.25, 0.3) is 0 Å². The van der Waals surface area contributed by atoms with E-state index in [1.165, 1.54) is 44.2 Å². The molecule has 0 radical (unpaired) electrons. The average molecular weight is 244 g/mol. The lowest BCUT2D eigenvalue weighted by Crippen LogP contribution is -2.53. The van der Waals surface area contributed by atoms with Gasteiger partial charge in [-0.1, -0.05) is 36.8 Å². The van der Waals surface area contributed by atoms with Gasteiger partial charge in [0, 0.05) is 18.6 Å². The van der Waals surface area contributed by atoms with Gasteiger partial charge in [0.25, 0.3) is 0 Å². The lowest BCUT2D eigenvalue weighted by Gasteiger charge is -2.48. The molecule has 0 bridgehead atoms. The third-order valence-corrected chi connectivity index (χ3v) is 4.80. The van der Waals surface area contributed by atoms with E-state index in [1.807, 2.05) is 0 Å². The minimum atomic E-state index is 0.653. The molecular formula is C16H24N2. The van der Waals surface area contributed by atoms with Crippen molar-refractivity contribution in [1.82, 2.24) is 4.90 Å². The maximum atomic E-state index is 5.91. The van der Waals surface area contributed by atoms with Crippen molar-refractivity contribution in [2.24, 2.45) is 5.73 Å². The van der Waals surface area contributed by atoms with E-state index in [4.69, 9.17) is 5.73 Å². The van der Waals surface area contributed by atoms with E-state index in [1.54, 1.807) is 0 Å². The molecule has 1 saturated carbocycles. The van der Waals surface area contributed by atoms with Gasteiger partial charge >= 0.3 is 0 Å². The molecule has 1 aliphatic heterocycles. The highest BCUT2D eigenvalue weighted by atomic mass is 15.2. The second-order valence-corrected chi connectivity index (χ2v) is 5.86. The van der Waals surface area contributed by atoms with Crippen LogP contribution in [-0.2, 0) is 0 Å². The number of nitrogens with two attached hydrogens (primary N) is 1. The lowest BCUT2D eigenvalue weighted by molar-refractivity contribution is 0.0438. The number of piperidine rings is 1. The van der Waals surface area contributed by atoms with Crippen molar-refractivity contribution in [2.45, 2.75) is 50.1 Å². The van der Waals surface area contributed by atoms with E-state index >= 15 is 0 Å². The smallest absolute Gasteiger partial charge is 0.0221 e. The second-order valence-electron chi connectivity index (χ2n) is 5.86. The van der Waals surface area contributed by atoms with Gasteiger partial charge < -0.3 is 5.73 Å². The molecular weight excluding hydrogens is 220 g/mol. The summed E-state index contributed by atoms with van der Waals surface area (Å²) in [5.74, 6) is 0.788. The zero-order valence-corrected chi connectivity index (χ0v) is 11.1. The highest BCUT2D eigenvalue weighted by Crippen LogP contribution is 2.41. The van der Waals surface area contributed by atoms with Gasteiger partial charge in [0.05, 0.1) is 0 Å². The maximum Gasteiger partial charge on any atom is 0.0221 e. The number of likely N-dealkylation sites (tertiary alicyclic amines) is 1. The Labute approximate surface area is 110 Å². The van der Waals surface area contributed by atoms with Crippen LogP contribution in [0.5, 0.6) is 0 Å². The van der Waals surface area contributed by atoms with Gasteiger partial charge in [-0.05, 0) is 43.7 Å². The van der Waals surface area contributed by atoms with Crippen LogP contribution < -0.4 is 5.73 Å². The molecule has 2 fully saturated rings. The first kappa shape index (κ1) is 12.2. The van der Waals surface area contributed by atoms with Gasteiger partial charge in [0.1, 0.15) is 0 Å². The van der Waals surface area contributed by atoms with Crippen molar-refractivity contribution in [3.63, 3.8) is 0 Å². The number of hydrogen-bond donors (Lipinski definition) is 1. The third-order valence-electron chi connectivity index (χ3n) is 4.80. The molecule has 1 aromatic carbocycles. The molecule has 1 aliphatic carbocycles. The summed E-state index contributed by atoms with van der Waals surface area (Å²) in [6.07, 6.45) is 6.71. The van der Waals surface area contributed by atoms with E-state index in [-0.39, 0.29) is 0 Å². The van der Waals surface area contributed by atoms with Crippen molar-refractivity contribution in [2.75, 3.05) is 13.1 Å². The van der Waals surface area contributed by atoms with Gasteiger partial charge in [-0.2, -0.15) is 0 Å². The van der Waals surface area contributed by atoms with E-state index in [2.05, 4.69) is 35.2 Å². The van der Waals surface area contributed by atoms with Gasteiger partial charge in [-0.25, -0.2) is 0 Å². The number of rotatable bonds is 3. The van der Waals surface area contributed by atoms with E-state index in [9.17, 15) is 0 Å². The highest BCUT2D eigenvalue weighted by molar-refractivity contribution is 5.23. The molecule has 2 heteroatoms. The summed E-state index contributed by atoms with van der Waals surface area (Å²) in [5.41, 5.74) is 7.44. The third kappa shape index (κ3) is 2.32. The van der Waals surface area contributed by atoms with E-state index in [0.29, 0.717) is 6.04 Å². The first-order chi connectivity index (χ1) is 8.88. The molecule has 2 N–H and O–H groups in total. The standard InChI is InChI=1S/C16H24N2/c17-12-15-8-4-5-9-18(15)16-10-14(11-16)13-6-2-1-3-7-13/h1-3,6-7,14-16H,4-5,8-12,17H2/t14?,15-,16?/m0/s1. The van der Waals surface area contributed by atoms with Crippen LogP contribution >= 0.6 is 0 Å². The van der Waals surface area contributed by atoms with Gasteiger partial charge in [-0.15, -0.1) is 0 Å². The fourth-order valence-electron chi connectivity index (χ4n) is 3.61. The molecule has 1 aromatic rings. The number of benzene rings is 1. The molecule has 0 amide bonds. The van der Waals surface area contributed by atoms with Crippen LogP contribution in [-0.4, -0.2) is 30.1 Å². The summed E-state index contributed by atoms with van der Waals surface area (Å²) in [6, 6.07) is 12.4. The Hall–Kier alpha value is -0.860. The lowest BCUT2D eigenvalue weighted by atomic mass is 9.74. The predicted molar refractivity (Wildman–Crippen MR) is 75.6 cm³/mol. The Balaban J connectivity index is 1.58. The van der Waals surface area contributed by atoms with Crippen molar-refractivity contribution in [3.05, 3.63) is 35.9 Å². The molecule has 0 unspecified atom stereocenters. The molecule has 98 valence electrons. The molecule has 0 spiro atoms. The molecule has 0 aromatic heterocycles. The zero-order chi connectivity index (χ0) is 12.4. The van der Waals surface area contributed by atoms with Crippen molar-refractivity contribution in [1.29, 1.82) is 0 Å². The Morgan fingerprint density at radius 3 is 2.61 bits per heavy atom. The summed E-state index contributed by atoms with van der Waals surface area (Å²) >= 11 is 0. The second kappa shape index (κ2) is 5.41. The summed E-state index contributed by atoms with van der Waals surface area (Å²) in [5, 5.41) is 0. The van der Waals surface area contributed by atoms with Crippen LogP contribution in [0.15, 0.2) is 30.3 Å². The van der Waals surface area contributed by atoms with Gasteiger partial charge in [-0.3, -0.25) is 4.90 Å². The Morgan fingerprint density at radius 2 is 1.89 bits per heavy atom. The fourth-order valence-corrected chi connectivity index (χ4v) is 3.61. The minimum Gasteiger partial charge on any atom is -0.329 e. The molecule has 1 atom stereocenters. The van der Waals surface area contributed by atoms with Crippen molar-refractivity contribution in [3.8, 4) is 0 Å². The maximum absolute atomic E-state index is 5.91. The summed E-state index contributed by atoms with van der Waals surface area (Å²) in [7, 11) is 0. The molecule has 1 saturated heterocycles. The molecule has 1 heterocycles. The van der Waals surface area contributed by atoms with Crippen molar-refractivity contribution >= 4 is 0 Å². The van der Waals surface area contributed by atoms with Crippen LogP contribution in [0.3, 0.4) is 0 Å². The number of nitrogens with zero attached hydrogens (tertiary/aromatic N) is 1. The molecule has 3 rings (SSSR count). The Morgan fingerprint density at radius 1 is 1.11 bits per heavy atom. The topological polar surface area (TPSA) is 29.3 Å². The van der Waals surface area contributed by atoms with Crippen LogP contribution in [0, 0.1) is 0 Å².